The molecule has 0 spiro atoms. The second-order valence-electron chi connectivity index (χ2n) is 4.40. The SMILES string of the molecule is NNc1cc(C2CC2)nc(-c2ccccc2Br)n1. The van der Waals surface area contributed by atoms with E-state index < -0.39 is 0 Å². The van der Waals surface area contributed by atoms with Gasteiger partial charge in [-0.25, -0.2) is 15.8 Å². The van der Waals surface area contributed by atoms with Crippen molar-refractivity contribution in [1.29, 1.82) is 0 Å². The van der Waals surface area contributed by atoms with E-state index in [0.29, 0.717) is 17.6 Å². The molecule has 0 saturated heterocycles. The molecule has 0 aliphatic heterocycles. The Hall–Kier alpha value is -1.46. The first-order valence-electron chi connectivity index (χ1n) is 5.88. The number of nitrogens with zero attached hydrogens (tertiary/aromatic N) is 2. The summed E-state index contributed by atoms with van der Waals surface area (Å²) in [7, 11) is 0. The molecule has 1 saturated carbocycles. The number of aromatic nitrogens is 2. The Kier molecular flexibility index (Phi) is 3.01. The molecule has 1 aromatic carbocycles. The van der Waals surface area contributed by atoms with E-state index in [2.05, 4.69) is 31.3 Å². The highest BCUT2D eigenvalue weighted by atomic mass is 79.9. The van der Waals surface area contributed by atoms with Crippen LogP contribution < -0.4 is 11.3 Å². The van der Waals surface area contributed by atoms with Crippen molar-refractivity contribution in [3.05, 3.63) is 40.5 Å². The number of rotatable bonds is 3. The highest BCUT2D eigenvalue weighted by molar-refractivity contribution is 9.10. The zero-order valence-corrected chi connectivity index (χ0v) is 11.3. The molecule has 1 aliphatic carbocycles. The Bertz CT molecular complexity index is 581. The molecule has 0 unspecified atom stereocenters. The number of anilines is 1. The van der Waals surface area contributed by atoms with Crippen LogP contribution in [0.5, 0.6) is 0 Å². The average Bonchev–Trinajstić information content (AvgIpc) is 3.23. The number of hydrogen-bond acceptors (Lipinski definition) is 4. The number of hydrazine groups is 1. The van der Waals surface area contributed by atoms with Crippen molar-refractivity contribution < 1.29 is 0 Å². The van der Waals surface area contributed by atoms with Gasteiger partial charge in [-0.1, -0.05) is 34.1 Å². The third-order valence-electron chi connectivity index (χ3n) is 3.00. The number of halogens is 1. The van der Waals surface area contributed by atoms with E-state index in [-0.39, 0.29) is 0 Å². The summed E-state index contributed by atoms with van der Waals surface area (Å²) < 4.78 is 0.987. The maximum Gasteiger partial charge on any atom is 0.162 e. The molecule has 1 heterocycles. The van der Waals surface area contributed by atoms with E-state index in [1.165, 1.54) is 12.8 Å². The molecular formula is C13H13BrN4. The molecule has 92 valence electrons. The largest absolute Gasteiger partial charge is 0.308 e. The van der Waals surface area contributed by atoms with Gasteiger partial charge in [0.15, 0.2) is 5.82 Å². The van der Waals surface area contributed by atoms with Crippen LogP contribution in [-0.4, -0.2) is 9.97 Å². The van der Waals surface area contributed by atoms with Crippen LogP contribution in [0.3, 0.4) is 0 Å². The molecule has 2 aromatic rings. The van der Waals surface area contributed by atoms with Crippen molar-refractivity contribution in [3.8, 4) is 11.4 Å². The van der Waals surface area contributed by atoms with Crippen molar-refractivity contribution in [2.45, 2.75) is 18.8 Å². The van der Waals surface area contributed by atoms with Gasteiger partial charge in [-0.15, -0.1) is 0 Å². The molecular weight excluding hydrogens is 292 g/mol. The lowest BCUT2D eigenvalue weighted by molar-refractivity contribution is 0.990. The van der Waals surface area contributed by atoms with Crippen molar-refractivity contribution in [2.75, 3.05) is 5.43 Å². The van der Waals surface area contributed by atoms with Gasteiger partial charge in [0.05, 0.1) is 0 Å². The van der Waals surface area contributed by atoms with Crippen LogP contribution in [0.4, 0.5) is 5.82 Å². The van der Waals surface area contributed by atoms with Crippen molar-refractivity contribution >= 4 is 21.7 Å². The quantitative estimate of drug-likeness (QED) is 0.676. The normalized spacial score (nSPS) is 14.6. The Balaban J connectivity index is 2.10. The maximum atomic E-state index is 5.47. The molecule has 1 fully saturated rings. The number of benzene rings is 1. The fourth-order valence-corrected chi connectivity index (χ4v) is 2.35. The van der Waals surface area contributed by atoms with Gasteiger partial charge in [0.2, 0.25) is 0 Å². The third kappa shape index (κ3) is 2.23. The van der Waals surface area contributed by atoms with Crippen molar-refractivity contribution in [1.82, 2.24) is 9.97 Å². The molecule has 3 rings (SSSR count). The van der Waals surface area contributed by atoms with Crippen molar-refractivity contribution in [3.63, 3.8) is 0 Å². The summed E-state index contributed by atoms with van der Waals surface area (Å²) in [6, 6.07) is 9.86. The zero-order chi connectivity index (χ0) is 12.5. The van der Waals surface area contributed by atoms with Crippen molar-refractivity contribution in [2.24, 2.45) is 5.84 Å². The molecule has 0 atom stereocenters. The summed E-state index contributed by atoms with van der Waals surface area (Å²) in [5, 5.41) is 0. The lowest BCUT2D eigenvalue weighted by Gasteiger charge is -2.08. The molecule has 0 amide bonds. The number of nitrogens with two attached hydrogens (primary N) is 1. The van der Waals surface area contributed by atoms with Crippen LogP contribution in [0.25, 0.3) is 11.4 Å². The Labute approximate surface area is 114 Å². The Morgan fingerprint density at radius 1 is 1.22 bits per heavy atom. The first-order valence-corrected chi connectivity index (χ1v) is 6.67. The van der Waals surface area contributed by atoms with Gasteiger partial charge in [-0.05, 0) is 18.9 Å². The van der Waals surface area contributed by atoms with Crippen LogP contribution in [0, 0.1) is 0 Å². The van der Waals surface area contributed by atoms with Gasteiger partial charge in [0.1, 0.15) is 5.82 Å². The standard InChI is InChI=1S/C13H13BrN4/c14-10-4-2-1-3-9(10)13-16-11(8-5-6-8)7-12(17-13)18-15/h1-4,7-8H,5-6,15H2,(H,16,17,18). The minimum absolute atomic E-state index is 0.571. The van der Waals surface area contributed by atoms with Gasteiger partial charge in [-0.2, -0.15) is 0 Å². The van der Waals surface area contributed by atoms with E-state index in [1.54, 1.807) is 0 Å². The fraction of sp³-hybridized carbons (Fsp3) is 0.231. The van der Waals surface area contributed by atoms with Crippen LogP contribution in [0.1, 0.15) is 24.5 Å². The summed E-state index contributed by atoms with van der Waals surface area (Å²) in [4.78, 5) is 9.05. The van der Waals surface area contributed by atoms with Gasteiger partial charge >= 0.3 is 0 Å². The van der Waals surface area contributed by atoms with Crippen LogP contribution in [0.2, 0.25) is 0 Å². The Morgan fingerprint density at radius 2 is 2.00 bits per heavy atom. The summed E-state index contributed by atoms with van der Waals surface area (Å²) in [5.41, 5.74) is 4.67. The smallest absolute Gasteiger partial charge is 0.162 e. The fourth-order valence-electron chi connectivity index (χ4n) is 1.89. The molecule has 1 aromatic heterocycles. The first-order chi connectivity index (χ1) is 8.78. The van der Waals surface area contributed by atoms with Crippen LogP contribution >= 0.6 is 15.9 Å². The molecule has 18 heavy (non-hydrogen) atoms. The van der Waals surface area contributed by atoms with E-state index in [9.17, 15) is 0 Å². The maximum absolute atomic E-state index is 5.47. The summed E-state index contributed by atoms with van der Waals surface area (Å²) in [5.74, 6) is 7.42. The number of nitrogens with one attached hydrogen (secondary N) is 1. The molecule has 5 heteroatoms. The van der Waals surface area contributed by atoms with E-state index in [0.717, 1.165) is 15.7 Å². The summed E-state index contributed by atoms with van der Waals surface area (Å²) in [6.07, 6.45) is 2.41. The van der Waals surface area contributed by atoms with Gasteiger partial charge < -0.3 is 5.43 Å². The van der Waals surface area contributed by atoms with E-state index >= 15 is 0 Å². The second-order valence-corrected chi connectivity index (χ2v) is 5.25. The number of nitrogen functional groups attached to an aromatic ring is 1. The van der Waals surface area contributed by atoms with Crippen LogP contribution in [0.15, 0.2) is 34.8 Å². The molecule has 0 bridgehead atoms. The Morgan fingerprint density at radius 3 is 2.67 bits per heavy atom. The minimum atomic E-state index is 0.571. The van der Waals surface area contributed by atoms with E-state index in [1.807, 2.05) is 30.3 Å². The summed E-state index contributed by atoms with van der Waals surface area (Å²) in [6.45, 7) is 0. The lowest BCUT2D eigenvalue weighted by atomic mass is 10.2. The molecule has 1 aliphatic rings. The van der Waals surface area contributed by atoms with Gasteiger partial charge in [-0.3, -0.25) is 0 Å². The second kappa shape index (κ2) is 4.66. The average molecular weight is 305 g/mol. The highest BCUT2D eigenvalue weighted by Crippen LogP contribution is 2.40. The summed E-state index contributed by atoms with van der Waals surface area (Å²) >= 11 is 3.53. The predicted molar refractivity (Wildman–Crippen MR) is 75.0 cm³/mol. The van der Waals surface area contributed by atoms with Gasteiger partial charge in [0.25, 0.3) is 0 Å². The van der Waals surface area contributed by atoms with Crippen LogP contribution in [-0.2, 0) is 0 Å². The minimum Gasteiger partial charge on any atom is -0.308 e. The predicted octanol–water partition coefficient (Wildman–Crippen LogP) is 3.07. The monoisotopic (exact) mass is 304 g/mol. The first kappa shape index (κ1) is 11.6. The third-order valence-corrected chi connectivity index (χ3v) is 3.70. The topological polar surface area (TPSA) is 63.8 Å². The molecule has 0 radical (unpaired) electrons. The van der Waals surface area contributed by atoms with E-state index in [4.69, 9.17) is 5.84 Å². The zero-order valence-electron chi connectivity index (χ0n) is 9.73. The molecule has 3 N–H and O–H groups in total. The lowest BCUT2D eigenvalue weighted by Crippen LogP contribution is -2.10. The highest BCUT2D eigenvalue weighted by Gasteiger charge is 2.26. The molecule has 4 nitrogen and oxygen atoms in total. The van der Waals surface area contributed by atoms with Gasteiger partial charge in [0, 0.05) is 27.7 Å². The number of hydrogen-bond donors (Lipinski definition) is 2.